The monoisotopic (exact) mass is 485 g/mol. The van der Waals surface area contributed by atoms with E-state index in [1.807, 2.05) is 18.2 Å². The maximum atomic E-state index is 12.1. The minimum absolute atomic E-state index is 0.0626. The Hall–Kier alpha value is -3.65. The zero-order valence-corrected chi connectivity index (χ0v) is 20.6. The van der Waals surface area contributed by atoms with Crippen LogP contribution in [0.1, 0.15) is 55.3 Å². The van der Waals surface area contributed by atoms with Gasteiger partial charge in [-0.2, -0.15) is 4.98 Å². The summed E-state index contributed by atoms with van der Waals surface area (Å²) in [5.74, 6) is 0.235. The van der Waals surface area contributed by atoms with Crippen molar-refractivity contribution in [1.29, 1.82) is 0 Å². The number of carbonyl (C=O) groups is 1. The van der Waals surface area contributed by atoms with E-state index in [0.29, 0.717) is 11.8 Å². The number of hydrogen-bond donors (Lipinski definition) is 4. The van der Waals surface area contributed by atoms with Crippen LogP contribution in [0.2, 0.25) is 0 Å². The summed E-state index contributed by atoms with van der Waals surface area (Å²) in [5.41, 5.74) is 16.4. The van der Waals surface area contributed by atoms with Crippen LogP contribution in [-0.2, 0) is 0 Å². The van der Waals surface area contributed by atoms with Crippen LogP contribution in [0, 0.1) is 0 Å². The highest BCUT2D eigenvalue weighted by Crippen LogP contribution is 2.29. The predicted molar refractivity (Wildman–Crippen MR) is 146 cm³/mol. The first-order chi connectivity index (χ1) is 17.6. The van der Waals surface area contributed by atoms with E-state index in [1.165, 1.54) is 31.1 Å². The van der Waals surface area contributed by atoms with E-state index in [9.17, 15) is 4.79 Å². The number of amides is 1. The molecule has 36 heavy (non-hydrogen) atoms. The summed E-state index contributed by atoms with van der Waals surface area (Å²) in [6.45, 7) is 2.26. The molecular weight excluding hydrogens is 450 g/mol. The molecule has 1 amide bonds. The van der Waals surface area contributed by atoms with Crippen molar-refractivity contribution in [3.63, 3.8) is 0 Å². The Morgan fingerprint density at radius 1 is 0.944 bits per heavy atom. The third-order valence-corrected chi connectivity index (χ3v) is 7.24. The Balaban J connectivity index is 1.35. The Bertz CT molecular complexity index is 1190. The molecule has 1 saturated carbocycles. The number of primary amides is 1. The number of rotatable bonds is 7. The number of nitrogens with one attached hydrogen (secondary N) is 2. The average Bonchev–Trinajstić information content (AvgIpc) is 2.91. The van der Waals surface area contributed by atoms with E-state index in [1.54, 1.807) is 0 Å². The van der Waals surface area contributed by atoms with Gasteiger partial charge in [-0.3, -0.25) is 4.79 Å². The second-order valence-corrected chi connectivity index (χ2v) is 9.82. The summed E-state index contributed by atoms with van der Waals surface area (Å²) in [5, 5.41) is 6.63. The number of nitrogens with zero attached hydrogens (tertiary/aromatic N) is 3. The smallest absolute Gasteiger partial charge is 0.254 e. The summed E-state index contributed by atoms with van der Waals surface area (Å²) in [6.07, 6.45) is 9.54. The molecule has 3 aromatic rings. The Kier molecular flexibility index (Phi) is 7.32. The maximum Gasteiger partial charge on any atom is 0.254 e. The van der Waals surface area contributed by atoms with Crippen molar-refractivity contribution in [1.82, 2.24) is 9.97 Å². The van der Waals surface area contributed by atoms with Crippen LogP contribution in [0.3, 0.4) is 0 Å². The number of piperidine rings is 1. The number of carbonyl (C=O) groups excluding carboxylic acids is 1. The van der Waals surface area contributed by atoms with Gasteiger partial charge < -0.3 is 27.0 Å². The molecule has 2 atom stereocenters. The van der Waals surface area contributed by atoms with Crippen molar-refractivity contribution in [3.05, 3.63) is 60.3 Å². The molecule has 0 spiro atoms. The molecular formula is C28H35N7O. The first-order valence-electron chi connectivity index (χ1n) is 13.0. The molecule has 2 heterocycles. The van der Waals surface area contributed by atoms with Gasteiger partial charge in [-0.25, -0.2) is 4.98 Å². The van der Waals surface area contributed by atoms with E-state index in [2.05, 4.69) is 55.8 Å². The maximum absolute atomic E-state index is 12.1. The lowest BCUT2D eigenvalue weighted by molar-refractivity contribution is 0.100. The van der Waals surface area contributed by atoms with Crippen molar-refractivity contribution in [2.24, 2.45) is 11.5 Å². The Labute approximate surface area is 212 Å². The van der Waals surface area contributed by atoms with Gasteiger partial charge >= 0.3 is 0 Å². The largest absolute Gasteiger partial charge is 0.372 e. The van der Waals surface area contributed by atoms with Crippen molar-refractivity contribution in [2.75, 3.05) is 28.6 Å². The predicted octanol–water partition coefficient (Wildman–Crippen LogP) is 4.66. The fourth-order valence-electron chi connectivity index (χ4n) is 5.16. The summed E-state index contributed by atoms with van der Waals surface area (Å²) in [6, 6.07) is 17.0. The van der Waals surface area contributed by atoms with Crippen LogP contribution in [0.25, 0.3) is 11.1 Å². The number of benzene rings is 2. The van der Waals surface area contributed by atoms with E-state index >= 15 is 0 Å². The highest BCUT2D eigenvalue weighted by Gasteiger charge is 2.23. The van der Waals surface area contributed by atoms with Crippen LogP contribution in [0.4, 0.5) is 23.1 Å². The molecule has 1 saturated heterocycles. The van der Waals surface area contributed by atoms with Gasteiger partial charge in [0.1, 0.15) is 11.4 Å². The molecule has 1 aliphatic carbocycles. The van der Waals surface area contributed by atoms with Gasteiger partial charge in [0.2, 0.25) is 5.95 Å². The standard InChI is InChI=1S/C28H35N7O/c29-24-9-2-3-10-25(24)33-28-31-18-23(26(30)36)27(34-28)32-21-8-6-7-20(17-21)19-11-13-22(14-12-19)35-15-4-1-5-16-35/h6-8,11-14,17-18,24-25H,1-5,9-10,15-16,29H2,(H2,30,36)(H2,31,32,33,34)/t24-,25+/m0/s1. The number of aromatic nitrogens is 2. The summed E-state index contributed by atoms with van der Waals surface area (Å²) < 4.78 is 0. The van der Waals surface area contributed by atoms with Crippen LogP contribution in [0.5, 0.6) is 0 Å². The lowest BCUT2D eigenvalue weighted by Gasteiger charge is -2.29. The van der Waals surface area contributed by atoms with Crippen LogP contribution in [-0.4, -0.2) is 41.0 Å². The molecule has 0 unspecified atom stereocenters. The first kappa shape index (κ1) is 24.1. The quantitative estimate of drug-likeness (QED) is 0.384. The molecule has 2 aromatic carbocycles. The zero-order chi connectivity index (χ0) is 24.9. The molecule has 5 rings (SSSR count). The number of hydrogen-bond acceptors (Lipinski definition) is 7. The van der Waals surface area contributed by atoms with Gasteiger partial charge in [0.05, 0.1) is 0 Å². The molecule has 2 aliphatic rings. The van der Waals surface area contributed by atoms with Gasteiger partial charge in [-0.1, -0.05) is 37.1 Å². The van der Waals surface area contributed by atoms with Crippen molar-refractivity contribution >= 4 is 29.0 Å². The fourth-order valence-corrected chi connectivity index (χ4v) is 5.16. The van der Waals surface area contributed by atoms with Crippen molar-refractivity contribution in [3.8, 4) is 11.1 Å². The average molecular weight is 486 g/mol. The molecule has 6 N–H and O–H groups in total. The van der Waals surface area contributed by atoms with E-state index in [4.69, 9.17) is 11.5 Å². The SMILES string of the molecule is NC(=O)c1cnc(N[C@@H]2CCCC[C@@H]2N)nc1Nc1cccc(-c2ccc(N3CCCCC3)cc2)c1. The molecule has 0 bridgehead atoms. The van der Waals surface area contributed by atoms with E-state index < -0.39 is 5.91 Å². The number of anilines is 4. The third kappa shape index (κ3) is 5.60. The molecule has 1 aliphatic heterocycles. The summed E-state index contributed by atoms with van der Waals surface area (Å²) in [4.78, 5) is 23.4. The third-order valence-electron chi connectivity index (χ3n) is 7.24. The molecule has 8 heteroatoms. The van der Waals surface area contributed by atoms with Gasteiger partial charge in [-0.05, 0) is 67.5 Å². The first-order valence-corrected chi connectivity index (χ1v) is 13.0. The van der Waals surface area contributed by atoms with Crippen LogP contribution >= 0.6 is 0 Å². The van der Waals surface area contributed by atoms with Crippen LogP contribution in [0.15, 0.2) is 54.7 Å². The van der Waals surface area contributed by atoms with Gasteiger partial charge in [0.25, 0.3) is 5.91 Å². The highest BCUT2D eigenvalue weighted by molar-refractivity contribution is 5.98. The van der Waals surface area contributed by atoms with Gasteiger partial charge in [-0.15, -0.1) is 0 Å². The topological polar surface area (TPSA) is 122 Å². The Morgan fingerprint density at radius 3 is 2.47 bits per heavy atom. The van der Waals surface area contributed by atoms with Crippen LogP contribution < -0.4 is 27.0 Å². The molecule has 188 valence electrons. The second kappa shape index (κ2) is 11.0. The lowest BCUT2D eigenvalue weighted by Crippen LogP contribution is -2.43. The highest BCUT2D eigenvalue weighted by atomic mass is 16.1. The Morgan fingerprint density at radius 2 is 1.72 bits per heavy atom. The zero-order valence-electron chi connectivity index (χ0n) is 20.6. The van der Waals surface area contributed by atoms with Crippen molar-refractivity contribution in [2.45, 2.75) is 57.0 Å². The normalized spacial score (nSPS) is 20.1. The lowest BCUT2D eigenvalue weighted by atomic mass is 9.91. The van der Waals surface area contributed by atoms with Gasteiger partial charge in [0, 0.05) is 42.7 Å². The summed E-state index contributed by atoms with van der Waals surface area (Å²) in [7, 11) is 0. The summed E-state index contributed by atoms with van der Waals surface area (Å²) >= 11 is 0. The molecule has 2 fully saturated rings. The minimum Gasteiger partial charge on any atom is -0.372 e. The van der Waals surface area contributed by atoms with Crippen molar-refractivity contribution < 1.29 is 4.79 Å². The molecule has 1 aromatic heterocycles. The minimum atomic E-state index is -0.581. The molecule has 8 nitrogen and oxygen atoms in total. The fraction of sp³-hybridized carbons (Fsp3) is 0.393. The second-order valence-electron chi connectivity index (χ2n) is 9.82. The van der Waals surface area contributed by atoms with E-state index in [0.717, 1.165) is 55.6 Å². The molecule has 0 radical (unpaired) electrons. The number of nitrogens with two attached hydrogens (primary N) is 2. The van der Waals surface area contributed by atoms with E-state index in [-0.39, 0.29) is 17.6 Å². The van der Waals surface area contributed by atoms with Gasteiger partial charge in [0.15, 0.2) is 0 Å².